The Bertz CT molecular complexity index is 1060. The van der Waals surface area contributed by atoms with E-state index in [1.807, 2.05) is 41.9 Å². The Morgan fingerprint density at radius 3 is 2.77 bits per heavy atom. The van der Waals surface area contributed by atoms with Gasteiger partial charge >= 0.3 is 0 Å². The summed E-state index contributed by atoms with van der Waals surface area (Å²) in [5, 5.41) is 12.2. The molecule has 1 aromatic heterocycles. The van der Waals surface area contributed by atoms with Crippen molar-refractivity contribution in [2.45, 2.75) is 50.8 Å². The Labute approximate surface area is 187 Å². The average molecular weight is 437 g/mol. The summed E-state index contributed by atoms with van der Waals surface area (Å²) in [6, 6.07) is 14.2. The highest BCUT2D eigenvalue weighted by atomic mass is 32.2. The van der Waals surface area contributed by atoms with Gasteiger partial charge < -0.3 is 14.6 Å². The first-order chi connectivity index (χ1) is 15.1. The number of carbonyl (C=O) groups is 1. The van der Waals surface area contributed by atoms with E-state index in [-0.39, 0.29) is 11.7 Å². The number of fused-ring (bicyclic) bond motifs is 1. The quantitative estimate of drug-likeness (QED) is 0.524. The molecule has 4 rings (SSSR count). The molecule has 1 aliphatic rings. The van der Waals surface area contributed by atoms with Gasteiger partial charge in [0.25, 0.3) is 0 Å². The molecule has 31 heavy (non-hydrogen) atoms. The van der Waals surface area contributed by atoms with Crippen molar-refractivity contribution < 1.29 is 9.53 Å². The molecule has 0 unspecified atom stereocenters. The monoisotopic (exact) mass is 436 g/mol. The molecule has 6 nitrogen and oxygen atoms in total. The van der Waals surface area contributed by atoms with Crippen LogP contribution in [0, 0.1) is 0 Å². The van der Waals surface area contributed by atoms with Crippen molar-refractivity contribution >= 4 is 23.4 Å². The molecule has 1 N–H and O–H groups in total. The predicted octanol–water partition coefficient (Wildman–Crippen LogP) is 4.57. The Balaban J connectivity index is 1.31. The predicted molar refractivity (Wildman–Crippen MR) is 124 cm³/mol. The maximum atomic E-state index is 12.4. The van der Waals surface area contributed by atoms with Gasteiger partial charge in [0.05, 0.1) is 5.75 Å². The fraction of sp³-hybridized carbons (Fsp3) is 0.375. The number of thioether (sulfide) groups is 1. The first kappa shape index (κ1) is 21.4. The molecule has 2 aromatic carbocycles. The lowest BCUT2D eigenvalue weighted by atomic mass is 9.92. The third kappa shape index (κ3) is 5.28. The number of aromatic nitrogens is 3. The lowest BCUT2D eigenvalue weighted by Gasteiger charge is -2.16. The van der Waals surface area contributed by atoms with Gasteiger partial charge in [-0.1, -0.05) is 43.0 Å². The summed E-state index contributed by atoms with van der Waals surface area (Å²) in [6.45, 7) is 2.42. The van der Waals surface area contributed by atoms with E-state index >= 15 is 0 Å². The van der Waals surface area contributed by atoms with E-state index in [1.165, 1.54) is 35.7 Å². The van der Waals surface area contributed by atoms with E-state index < -0.39 is 0 Å². The molecule has 0 aliphatic heterocycles. The van der Waals surface area contributed by atoms with E-state index in [9.17, 15) is 4.79 Å². The van der Waals surface area contributed by atoms with E-state index in [0.29, 0.717) is 11.8 Å². The van der Waals surface area contributed by atoms with E-state index in [4.69, 9.17) is 4.74 Å². The van der Waals surface area contributed by atoms with Crippen LogP contribution >= 0.6 is 11.8 Å². The second-order valence-corrected chi connectivity index (χ2v) is 8.67. The highest BCUT2D eigenvalue weighted by Crippen LogP contribution is 2.26. The zero-order chi connectivity index (χ0) is 21.6. The normalized spacial score (nSPS) is 13.0. The molecule has 7 heteroatoms. The summed E-state index contributed by atoms with van der Waals surface area (Å²) in [7, 11) is 1.90. The van der Waals surface area contributed by atoms with Crippen molar-refractivity contribution in [3.63, 3.8) is 0 Å². The van der Waals surface area contributed by atoms with Gasteiger partial charge in [-0.3, -0.25) is 4.79 Å². The molecule has 0 fully saturated rings. The lowest BCUT2D eigenvalue weighted by molar-refractivity contribution is -0.113. The van der Waals surface area contributed by atoms with E-state index in [1.54, 1.807) is 0 Å². The first-order valence-electron chi connectivity index (χ1n) is 10.8. The number of nitrogens with zero attached hydrogens (tertiary/aromatic N) is 3. The highest BCUT2D eigenvalue weighted by Gasteiger charge is 2.14. The minimum absolute atomic E-state index is 0.0549. The van der Waals surface area contributed by atoms with Gasteiger partial charge in [-0.15, -0.1) is 10.2 Å². The molecule has 0 radical (unpaired) electrons. The number of nitrogens with one attached hydrogen (secondary N) is 1. The molecule has 1 heterocycles. The number of amides is 1. The summed E-state index contributed by atoms with van der Waals surface area (Å²) >= 11 is 1.37. The number of ether oxygens (including phenoxy) is 1. The van der Waals surface area contributed by atoms with Gasteiger partial charge in [-0.05, 0) is 67.0 Å². The molecule has 0 atom stereocenters. The standard InChI is InChI=1S/C24H28N4O2S/c1-3-17-8-6-7-11-21(17)25-23(29)16-31-24-27-26-22(28(24)2)15-30-20-13-12-18-9-4-5-10-19(18)14-20/h6-8,11-14H,3-5,9-10,15-16H2,1-2H3,(H,25,29). The molecule has 1 amide bonds. The number of benzene rings is 2. The molecule has 3 aromatic rings. The van der Waals surface area contributed by atoms with Crippen LogP contribution in [0.15, 0.2) is 47.6 Å². The van der Waals surface area contributed by atoms with E-state index in [0.717, 1.165) is 42.1 Å². The molecule has 0 saturated heterocycles. The number of hydrogen-bond acceptors (Lipinski definition) is 5. The minimum atomic E-state index is -0.0549. The van der Waals surface area contributed by atoms with Gasteiger partial charge in [0, 0.05) is 12.7 Å². The Hall–Kier alpha value is -2.80. The zero-order valence-electron chi connectivity index (χ0n) is 18.1. The minimum Gasteiger partial charge on any atom is -0.486 e. The van der Waals surface area contributed by atoms with Gasteiger partial charge in [0.2, 0.25) is 5.91 Å². The van der Waals surface area contributed by atoms with Crippen LogP contribution < -0.4 is 10.1 Å². The van der Waals surface area contributed by atoms with Crippen LogP contribution in [0.5, 0.6) is 5.75 Å². The van der Waals surface area contributed by atoms with Crippen molar-refractivity contribution in [3.8, 4) is 5.75 Å². The van der Waals surface area contributed by atoms with Crippen LogP contribution in [-0.2, 0) is 37.7 Å². The Kier molecular flexibility index (Phi) is 6.92. The number of aryl methyl sites for hydroxylation is 3. The van der Waals surface area contributed by atoms with Gasteiger partial charge in [-0.25, -0.2) is 0 Å². The fourth-order valence-electron chi connectivity index (χ4n) is 3.81. The number of rotatable bonds is 8. The molecule has 0 spiro atoms. The molecular weight excluding hydrogens is 408 g/mol. The van der Waals surface area contributed by atoms with Gasteiger partial charge in [0.1, 0.15) is 12.4 Å². The average Bonchev–Trinajstić information content (AvgIpc) is 3.15. The smallest absolute Gasteiger partial charge is 0.234 e. The largest absolute Gasteiger partial charge is 0.486 e. The molecule has 162 valence electrons. The van der Waals surface area contributed by atoms with Crippen LogP contribution in [0.25, 0.3) is 0 Å². The zero-order valence-corrected chi connectivity index (χ0v) is 18.9. The SMILES string of the molecule is CCc1ccccc1NC(=O)CSc1nnc(COc2ccc3c(c2)CCCC3)n1C. The fourth-order valence-corrected chi connectivity index (χ4v) is 4.54. The van der Waals surface area contributed by atoms with Crippen LogP contribution in [0.3, 0.4) is 0 Å². The van der Waals surface area contributed by atoms with Crippen LogP contribution in [0.1, 0.15) is 42.3 Å². The molecular formula is C24H28N4O2S. The van der Waals surface area contributed by atoms with Crippen molar-refractivity contribution in [3.05, 3.63) is 65.0 Å². The Morgan fingerprint density at radius 1 is 1.13 bits per heavy atom. The van der Waals surface area contributed by atoms with Crippen LogP contribution in [-0.4, -0.2) is 26.4 Å². The first-order valence-corrected chi connectivity index (χ1v) is 11.8. The lowest BCUT2D eigenvalue weighted by Crippen LogP contribution is -2.15. The number of anilines is 1. The molecule has 1 aliphatic carbocycles. The third-order valence-electron chi connectivity index (χ3n) is 5.62. The number of para-hydroxylation sites is 1. The van der Waals surface area contributed by atoms with Crippen molar-refractivity contribution in [1.29, 1.82) is 0 Å². The number of carbonyl (C=O) groups excluding carboxylic acids is 1. The summed E-state index contributed by atoms with van der Waals surface area (Å²) < 4.78 is 7.86. The molecule has 0 saturated carbocycles. The third-order valence-corrected chi connectivity index (χ3v) is 6.64. The summed E-state index contributed by atoms with van der Waals surface area (Å²) in [5.74, 6) is 1.82. The van der Waals surface area contributed by atoms with Crippen molar-refractivity contribution in [1.82, 2.24) is 14.8 Å². The van der Waals surface area contributed by atoms with E-state index in [2.05, 4.69) is 34.6 Å². The number of hydrogen-bond donors (Lipinski definition) is 1. The second-order valence-electron chi connectivity index (χ2n) is 7.73. The van der Waals surface area contributed by atoms with Crippen LogP contribution in [0.4, 0.5) is 5.69 Å². The van der Waals surface area contributed by atoms with Crippen LogP contribution in [0.2, 0.25) is 0 Å². The van der Waals surface area contributed by atoms with Gasteiger partial charge in [0.15, 0.2) is 11.0 Å². The van der Waals surface area contributed by atoms with Crippen molar-refractivity contribution in [2.75, 3.05) is 11.1 Å². The maximum absolute atomic E-state index is 12.4. The second kappa shape index (κ2) is 10.0. The summed E-state index contributed by atoms with van der Waals surface area (Å²) in [4.78, 5) is 12.4. The topological polar surface area (TPSA) is 69.0 Å². The summed E-state index contributed by atoms with van der Waals surface area (Å²) in [5.41, 5.74) is 4.83. The van der Waals surface area contributed by atoms with Crippen molar-refractivity contribution in [2.24, 2.45) is 7.05 Å². The maximum Gasteiger partial charge on any atom is 0.234 e. The highest BCUT2D eigenvalue weighted by molar-refractivity contribution is 7.99. The summed E-state index contributed by atoms with van der Waals surface area (Å²) in [6.07, 6.45) is 5.69. The molecule has 0 bridgehead atoms. The van der Waals surface area contributed by atoms with Gasteiger partial charge in [-0.2, -0.15) is 0 Å². The Morgan fingerprint density at radius 2 is 1.94 bits per heavy atom.